The Kier molecular flexibility index (Phi) is 5.60. The van der Waals surface area contributed by atoms with E-state index in [1.165, 1.54) is 6.07 Å². The van der Waals surface area contributed by atoms with E-state index >= 15 is 0 Å². The number of aromatic carboxylic acids is 1. The van der Waals surface area contributed by atoms with Gasteiger partial charge in [-0.1, -0.05) is 13.8 Å². The zero-order chi connectivity index (χ0) is 14.5. The Hall–Kier alpha value is -1.30. The molecule has 6 heteroatoms. The average molecular weight is 283 g/mol. The number of hydrogen-bond acceptors (Lipinski definition) is 5. The van der Waals surface area contributed by atoms with Gasteiger partial charge in [-0.3, -0.25) is 0 Å². The van der Waals surface area contributed by atoms with E-state index < -0.39 is 5.97 Å². The molecular formula is C13H21N3O2S. The molecule has 0 spiro atoms. The summed E-state index contributed by atoms with van der Waals surface area (Å²) < 4.78 is 0.135. The molecule has 0 bridgehead atoms. The van der Waals surface area contributed by atoms with Gasteiger partial charge in [0.2, 0.25) is 5.95 Å². The summed E-state index contributed by atoms with van der Waals surface area (Å²) in [5, 5.41) is 12.1. The maximum absolute atomic E-state index is 11.0. The SMILES string of the molecule is CCC(CC)(CNc1nc(C)cc(C(=O)O)n1)SC. The van der Waals surface area contributed by atoms with Gasteiger partial charge in [0.1, 0.15) is 0 Å². The molecule has 0 amide bonds. The van der Waals surface area contributed by atoms with E-state index in [1.54, 1.807) is 6.92 Å². The van der Waals surface area contributed by atoms with Gasteiger partial charge in [0.05, 0.1) is 0 Å². The molecule has 0 aliphatic heterocycles. The molecule has 0 atom stereocenters. The Bertz CT molecular complexity index is 439. The van der Waals surface area contributed by atoms with Crippen LogP contribution in [0.3, 0.4) is 0 Å². The second-order valence-corrected chi connectivity index (χ2v) is 5.75. The van der Waals surface area contributed by atoms with Crippen molar-refractivity contribution in [2.24, 2.45) is 0 Å². The summed E-state index contributed by atoms with van der Waals surface area (Å²) >= 11 is 1.82. The maximum atomic E-state index is 11.0. The van der Waals surface area contributed by atoms with E-state index in [0.717, 1.165) is 19.4 Å². The van der Waals surface area contributed by atoms with Crippen molar-refractivity contribution in [2.45, 2.75) is 38.4 Å². The number of hydrogen-bond donors (Lipinski definition) is 2. The van der Waals surface area contributed by atoms with Crippen LogP contribution in [0.25, 0.3) is 0 Å². The van der Waals surface area contributed by atoms with Crippen molar-refractivity contribution >= 4 is 23.7 Å². The Morgan fingerprint density at radius 3 is 2.53 bits per heavy atom. The van der Waals surface area contributed by atoms with Crippen molar-refractivity contribution in [1.29, 1.82) is 0 Å². The monoisotopic (exact) mass is 283 g/mol. The molecule has 0 aliphatic rings. The predicted octanol–water partition coefficient (Wildman–Crippen LogP) is 2.82. The third-order valence-electron chi connectivity index (χ3n) is 3.36. The fraction of sp³-hybridized carbons (Fsp3) is 0.615. The molecule has 0 fully saturated rings. The van der Waals surface area contributed by atoms with Crippen LogP contribution in [-0.4, -0.2) is 38.6 Å². The lowest BCUT2D eigenvalue weighted by Gasteiger charge is -2.29. The summed E-state index contributed by atoms with van der Waals surface area (Å²) in [4.78, 5) is 19.2. The molecule has 5 nitrogen and oxygen atoms in total. The number of carboxylic acids is 1. The second-order valence-electron chi connectivity index (χ2n) is 4.47. The van der Waals surface area contributed by atoms with Crippen LogP contribution in [0.4, 0.5) is 5.95 Å². The van der Waals surface area contributed by atoms with Crippen molar-refractivity contribution in [2.75, 3.05) is 18.1 Å². The minimum atomic E-state index is -1.03. The number of carboxylic acid groups (broad SMARTS) is 1. The zero-order valence-electron chi connectivity index (χ0n) is 11.9. The molecule has 1 rings (SSSR count). The van der Waals surface area contributed by atoms with Gasteiger partial charge in [-0.15, -0.1) is 0 Å². The fourth-order valence-electron chi connectivity index (χ4n) is 1.86. The first-order valence-electron chi connectivity index (χ1n) is 6.34. The highest BCUT2D eigenvalue weighted by Gasteiger charge is 2.25. The first-order valence-corrected chi connectivity index (χ1v) is 7.57. The van der Waals surface area contributed by atoms with E-state index in [1.807, 2.05) is 11.8 Å². The molecule has 0 saturated heterocycles. The molecule has 106 valence electrons. The highest BCUT2D eigenvalue weighted by molar-refractivity contribution is 8.00. The molecule has 1 aromatic rings. The van der Waals surface area contributed by atoms with Gasteiger partial charge in [-0.2, -0.15) is 11.8 Å². The Morgan fingerprint density at radius 1 is 1.42 bits per heavy atom. The molecule has 1 aromatic heterocycles. The number of nitrogens with zero attached hydrogens (tertiary/aromatic N) is 2. The van der Waals surface area contributed by atoms with Crippen LogP contribution < -0.4 is 5.32 Å². The summed E-state index contributed by atoms with van der Waals surface area (Å²) in [6.07, 6.45) is 4.17. The number of nitrogens with one attached hydrogen (secondary N) is 1. The molecule has 0 radical (unpaired) electrons. The molecule has 0 aromatic carbocycles. The molecule has 1 heterocycles. The zero-order valence-corrected chi connectivity index (χ0v) is 12.7. The van der Waals surface area contributed by atoms with Crippen molar-refractivity contribution in [3.63, 3.8) is 0 Å². The molecule has 0 unspecified atom stereocenters. The van der Waals surface area contributed by atoms with Crippen LogP contribution in [0.1, 0.15) is 42.9 Å². The molecular weight excluding hydrogens is 262 g/mol. The number of aromatic nitrogens is 2. The third kappa shape index (κ3) is 4.09. The fourth-order valence-corrected chi connectivity index (χ4v) is 2.65. The van der Waals surface area contributed by atoms with Crippen LogP contribution >= 0.6 is 11.8 Å². The van der Waals surface area contributed by atoms with E-state index in [-0.39, 0.29) is 10.4 Å². The minimum Gasteiger partial charge on any atom is -0.477 e. The number of aryl methyl sites for hydroxylation is 1. The summed E-state index contributed by atoms with van der Waals surface area (Å²) in [6, 6.07) is 1.47. The second kappa shape index (κ2) is 6.75. The summed E-state index contributed by atoms with van der Waals surface area (Å²) in [7, 11) is 0. The highest BCUT2D eigenvalue weighted by atomic mass is 32.2. The Labute approximate surface area is 118 Å². The molecule has 19 heavy (non-hydrogen) atoms. The lowest BCUT2D eigenvalue weighted by atomic mass is 10.0. The maximum Gasteiger partial charge on any atom is 0.354 e. The average Bonchev–Trinajstić information content (AvgIpc) is 2.40. The van der Waals surface area contributed by atoms with Crippen LogP contribution in [-0.2, 0) is 0 Å². The summed E-state index contributed by atoms with van der Waals surface area (Å²) in [6.45, 7) is 6.80. The van der Waals surface area contributed by atoms with Crippen LogP contribution in [0.2, 0.25) is 0 Å². The highest BCUT2D eigenvalue weighted by Crippen LogP contribution is 2.30. The first-order chi connectivity index (χ1) is 8.96. The molecule has 2 N–H and O–H groups in total. The normalized spacial score (nSPS) is 11.4. The van der Waals surface area contributed by atoms with Crippen molar-refractivity contribution in [3.05, 3.63) is 17.5 Å². The van der Waals surface area contributed by atoms with E-state index in [4.69, 9.17) is 5.11 Å². The topological polar surface area (TPSA) is 75.1 Å². The van der Waals surface area contributed by atoms with E-state index in [9.17, 15) is 4.79 Å². The van der Waals surface area contributed by atoms with Crippen LogP contribution in [0, 0.1) is 6.92 Å². The molecule has 0 saturated carbocycles. The lowest BCUT2D eigenvalue weighted by Crippen LogP contribution is -2.32. The van der Waals surface area contributed by atoms with Crippen LogP contribution in [0.5, 0.6) is 0 Å². The van der Waals surface area contributed by atoms with Gasteiger partial charge < -0.3 is 10.4 Å². The number of thioether (sulfide) groups is 1. The standard InChI is InChI=1S/C13H21N3O2S/c1-5-13(6-2,19-4)8-14-12-15-9(3)7-10(16-12)11(17)18/h7H,5-6,8H2,1-4H3,(H,17,18)(H,14,15,16). The van der Waals surface area contributed by atoms with Gasteiger partial charge in [0.15, 0.2) is 5.69 Å². The van der Waals surface area contributed by atoms with Gasteiger partial charge >= 0.3 is 5.97 Å². The van der Waals surface area contributed by atoms with Crippen LogP contribution in [0.15, 0.2) is 6.07 Å². The predicted molar refractivity (Wildman–Crippen MR) is 79.0 cm³/mol. The van der Waals surface area contributed by atoms with E-state index in [2.05, 4.69) is 35.4 Å². The van der Waals surface area contributed by atoms with E-state index in [0.29, 0.717) is 11.6 Å². The van der Waals surface area contributed by atoms with Gasteiger partial charge in [-0.25, -0.2) is 14.8 Å². The smallest absolute Gasteiger partial charge is 0.354 e. The van der Waals surface area contributed by atoms with Gasteiger partial charge in [0, 0.05) is 17.0 Å². The summed E-state index contributed by atoms with van der Waals surface area (Å²) in [5.41, 5.74) is 0.676. The molecule has 0 aliphatic carbocycles. The van der Waals surface area contributed by atoms with Crippen molar-refractivity contribution in [1.82, 2.24) is 9.97 Å². The first kappa shape index (κ1) is 15.8. The lowest BCUT2D eigenvalue weighted by molar-refractivity contribution is 0.0690. The minimum absolute atomic E-state index is 0.0257. The van der Waals surface area contributed by atoms with Gasteiger partial charge in [-0.05, 0) is 32.1 Å². The van der Waals surface area contributed by atoms with Gasteiger partial charge in [0.25, 0.3) is 0 Å². The largest absolute Gasteiger partial charge is 0.477 e. The quantitative estimate of drug-likeness (QED) is 0.801. The summed E-state index contributed by atoms with van der Waals surface area (Å²) in [5.74, 6) is -0.645. The Balaban J connectivity index is 2.85. The number of anilines is 1. The number of carbonyl (C=O) groups is 1. The van der Waals surface area contributed by atoms with Crippen molar-refractivity contribution in [3.8, 4) is 0 Å². The Morgan fingerprint density at radius 2 is 2.05 bits per heavy atom. The third-order valence-corrected chi connectivity index (χ3v) is 4.95. The number of rotatable bonds is 7. The van der Waals surface area contributed by atoms with Crippen molar-refractivity contribution < 1.29 is 9.90 Å².